The third kappa shape index (κ3) is 2.52. The molecule has 1 saturated heterocycles. The summed E-state index contributed by atoms with van der Waals surface area (Å²) in [6.07, 6.45) is 9.04. The molecule has 1 aliphatic carbocycles. The molecular formula is C19H22N2O. The van der Waals surface area contributed by atoms with Crippen molar-refractivity contribution in [2.24, 2.45) is 5.41 Å². The Kier molecular flexibility index (Phi) is 3.32. The Morgan fingerprint density at radius 2 is 1.86 bits per heavy atom. The van der Waals surface area contributed by atoms with Gasteiger partial charge in [-0.1, -0.05) is 18.2 Å². The molecule has 3 nitrogen and oxygen atoms in total. The van der Waals surface area contributed by atoms with Gasteiger partial charge in [0.2, 0.25) is 0 Å². The van der Waals surface area contributed by atoms with E-state index in [2.05, 4.69) is 42.4 Å². The van der Waals surface area contributed by atoms with E-state index in [4.69, 9.17) is 0 Å². The van der Waals surface area contributed by atoms with E-state index in [0.717, 1.165) is 29.0 Å². The molecule has 0 unspecified atom stereocenters. The van der Waals surface area contributed by atoms with E-state index in [1.54, 1.807) is 6.20 Å². The minimum absolute atomic E-state index is 0.0193. The molecule has 1 fully saturated rings. The first-order valence-electron chi connectivity index (χ1n) is 7.66. The molecule has 22 heavy (non-hydrogen) atoms. The van der Waals surface area contributed by atoms with Crippen molar-refractivity contribution in [2.45, 2.75) is 39.7 Å². The number of rotatable bonds is 1. The first-order chi connectivity index (χ1) is 10.3. The van der Waals surface area contributed by atoms with Crippen LogP contribution < -0.4 is 5.32 Å². The van der Waals surface area contributed by atoms with Gasteiger partial charge in [-0.25, -0.2) is 0 Å². The fourth-order valence-electron chi connectivity index (χ4n) is 3.65. The molecule has 3 rings (SSSR count). The van der Waals surface area contributed by atoms with Gasteiger partial charge in [-0.3, -0.25) is 9.78 Å². The molecule has 114 valence electrons. The van der Waals surface area contributed by atoms with E-state index in [1.165, 1.54) is 0 Å². The van der Waals surface area contributed by atoms with Gasteiger partial charge >= 0.3 is 0 Å². The van der Waals surface area contributed by atoms with Crippen molar-refractivity contribution in [2.75, 3.05) is 0 Å². The van der Waals surface area contributed by atoms with Crippen molar-refractivity contribution < 1.29 is 4.79 Å². The zero-order chi connectivity index (χ0) is 16.0. The average Bonchev–Trinajstić information content (AvgIpc) is 2.67. The summed E-state index contributed by atoms with van der Waals surface area (Å²) in [6, 6.07) is 5.89. The second kappa shape index (κ2) is 4.94. The number of pyridine rings is 1. The number of hydrogen-bond donors (Lipinski definition) is 1. The predicted octanol–water partition coefficient (Wildman–Crippen LogP) is 3.66. The van der Waals surface area contributed by atoms with Crippen LogP contribution in [0.2, 0.25) is 0 Å². The molecule has 1 spiro atoms. The highest BCUT2D eigenvalue weighted by molar-refractivity contribution is 6.08. The molecule has 3 heteroatoms. The molecule has 2 aliphatic rings. The lowest BCUT2D eigenvalue weighted by atomic mass is 9.73. The second-order valence-corrected chi connectivity index (χ2v) is 7.02. The van der Waals surface area contributed by atoms with Crippen LogP contribution in [-0.2, 0) is 4.79 Å². The number of aromatic nitrogens is 1. The van der Waals surface area contributed by atoms with Crippen LogP contribution in [0, 0.1) is 5.41 Å². The monoisotopic (exact) mass is 294 g/mol. The molecule has 0 saturated carbocycles. The highest BCUT2D eigenvalue weighted by Gasteiger charge is 2.46. The molecule has 0 atom stereocenters. The third-order valence-electron chi connectivity index (χ3n) is 4.35. The van der Waals surface area contributed by atoms with E-state index in [0.29, 0.717) is 0 Å². The minimum Gasteiger partial charge on any atom is -0.382 e. The van der Waals surface area contributed by atoms with Crippen molar-refractivity contribution in [3.8, 4) is 0 Å². The van der Waals surface area contributed by atoms with Gasteiger partial charge in [0.05, 0.1) is 5.69 Å². The fourth-order valence-corrected chi connectivity index (χ4v) is 3.65. The molecule has 0 radical (unpaired) electrons. The van der Waals surface area contributed by atoms with Crippen molar-refractivity contribution >= 4 is 11.9 Å². The summed E-state index contributed by atoms with van der Waals surface area (Å²) in [6.45, 7) is 8.20. The van der Waals surface area contributed by atoms with Crippen LogP contribution >= 0.6 is 0 Å². The Balaban J connectivity index is 2.12. The standard InChI is InChI=1S/C19H22N2O/c1-13-10-19(11-14(2)17(13)22)12-18(3,4)21-16(19)9-15-7-5-6-8-20-15/h5-11,21H,12H2,1-4H3. The summed E-state index contributed by atoms with van der Waals surface area (Å²) < 4.78 is 0. The summed E-state index contributed by atoms with van der Waals surface area (Å²) in [5.74, 6) is 0.146. The van der Waals surface area contributed by atoms with E-state index >= 15 is 0 Å². The van der Waals surface area contributed by atoms with Gasteiger partial charge in [0.25, 0.3) is 0 Å². The zero-order valence-corrected chi connectivity index (χ0v) is 13.6. The molecule has 2 heterocycles. The Hall–Kier alpha value is -2.16. The van der Waals surface area contributed by atoms with E-state index in [9.17, 15) is 4.79 Å². The van der Waals surface area contributed by atoms with Crippen molar-refractivity contribution in [1.82, 2.24) is 10.3 Å². The average molecular weight is 294 g/mol. The second-order valence-electron chi connectivity index (χ2n) is 7.02. The van der Waals surface area contributed by atoms with Gasteiger partial charge in [-0.05, 0) is 63.5 Å². The maximum absolute atomic E-state index is 12.1. The summed E-state index contributed by atoms with van der Waals surface area (Å²) in [5.41, 5.74) is 3.44. The maximum atomic E-state index is 12.1. The van der Waals surface area contributed by atoms with Gasteiger partial charge in [-0.15, -0.1) is 0 Å². The molecule has 1 aromatic heterocycles. The lowest BCUT2D eigenvalue weighted by Gasteiger charge is -2.28. The third-order valence-corrected chi connectivity index (χ3v) is 4.35. The number of nitrogens with one attached hydrogen (secondary N) is 1. The molecule has 0 amide bonds. The largest absolute Gasteiger partial charge is 0.382 e. The van der Waals surface area contributed by atoms with Crippen LogP contribution in [0.25, 0.3) is 6.08 Å². The molecule has 1 aliphatic heterocycles. The van der Waals surface area contributed by atoms with Crippen molar-refractivity contribution in [3.05, 3.63) is 59.1 Å². The Labute approximate surface area is 131 Å². The normalized spacial score (nSPS) is 24.2. The number of nitrogens with zero attached hydrogens (tertiary/aromatic N) is 1. The highest BCUT2D eigenvalue weighted by Crippen LogP contribution is 2.48. The first-order valence-corrected chi connectivity index (χ1v) is 7.66. The maximum Gasteiger partial charge on any atom is 0.183 e. The Bertz CT molecular complexity index is 686. The summed E-state index contributed by atoms with van der Waals surface area (Å²) >= 11 is 0. The van der Waals surface area contributed by atoms with Gasteiger partial charge in [-0.2, -0.15) is 0 Å². The van der Waals surface area contributed by atoms with E-state index in [1.807, 2.05) is 32.0 Å². The number of ketones is 1. The van der Waals surface area contributed by atoms with Gasteiger partial charge < -0.3 is 5.32 Å². The van der Waals surface area contributed by atoms with Crippen LogP contribution in [0.1, 0.15) is 39.8 Å². The number of Topliss-reactive ketones (excluding diaryl/α,β-unsaturated/α-hetero) is 1. The SMILES string of the molecule is CC1=CC2(C=C(C)C1=O)CC(C)(C)NC2=Cc1ccccn1. The number of hydrogen-bond acceptors (Lipinski definition) is 3. The molecule has 1 N–H and O–H groups in total. The van der Waals surface area contributed by atoms with Crippen LogP contribution in [0.3, 0.4) is 0 Å². The number of allylic oxidation sites excluding steroid dienone is 3. The van der Waals surface area contributed by atoms with Crippen molar-refractivity contribution in [3.63, 3.8) is 0 Å². The predicted molar refractivity (Wildman–Crippen MR) is 89.0 cm³/mol. The Morgan fingerprint density at radius 3 is 2.45 bits per heavy atom. The fraction of sp³-hybridized carbons (Fsp3) is 0.368. The molecule has 1 aromatic rings. The molecule has 0 aromatic carbocycles. The topological polar surface area (TPSA) is 42.0 Å². The van der Waals surface area contributed by atoms with Crippen LogP contribution in [0.4, 0.5) is 0 Å². The van der Waals surface area contributed by atoms with Gasteiger partial charge in [0.1, 0.15) is 0 Å². The quantitative estimate of drug-likeness (QED) is 0.859. The lowest BCUT2D eigenvalue weighted by molar-refractivity contribution is -0.112. The van der Waals surface area contributed by atoms with E-state index in [-0.39, 0.29) is 16.7 Å². The summed E-state index contributed by atoms with van der Waals surface area (Å²) in [4.78, 5) is 16.5. The van der Waals surface area contributed by atoms with Crippen LogP contribution in [0.5, 0.6) is 0 Å². The van der Waals surface area contributed by atoms with E-state index < -0.39 is 0 Å². The van der Waals surface area contributed by atoms with Gasteiger partial charge in [0.15, 0.2) is 5.78 Å². The zero-order valence-electron chi connectivity index (χ0n) is 13.6. The van der Waals surface area contributed by atoms with Crippen LogP contribution in [-0.4, -0.2) is 16.3 Å². The summed E-state index contributed by atoms with van der Waals surface area (Å²) in [5, 5.41) is 3.62. The highest BCUT2D eigenvalue weighted by atomic mass is 16.1. The molecule has 0 bridgehead atoms. The smallest absolute Gasteiger partial charge is 0.183 e. The Morgan fingerprint density at radius 1 is 1.18 bits per heavy atom. The number of carbonyl (C=O) groups excluding carboxylic acids is 1. The van der Waals surface area contributed by atoms with Crippen LogP contribution in [0.15, 0.2) is 53.4 Å². The minimum atomic E-state index is -0.233. The summed E-state index contributed by atoms with van der Waals surface area (Å²) in [7, 11) is 0. The lowest BCUT2D eigenvalue weighted by Crippen LogP contribution is -2.30. The first kappa shape index (κ1) is 14.8. The molecular weight excluding hydrogens is 272 g/mol. The number of carbonyl (C=O) groups is 1. The van der Waals surface area contributed by atoms with Gasteiger partial charge in [0, 0.05) is 22.8 Å². The van der Waals surface area contributed by atoms with Crippen molar-refractivity contribution in [1.29, 1.82) is 0 Å².